The molecule has 1 aromatic carbocycles. The molecule has 0 amide bonds. The molecule has 30 heavy (non-hydrogen) atoms. The lowest BCUT2D eigenvalue weighted by molar-refractivity contribution is 0.0526. The van der Waals surface area contributed by atoms with Crippen molar-refractivity contribution in [1.29, 1.82) is 0 Å². The number of nitrogens with zero attached hydrogens (tertiary/aromatic N) is 5. The number of hydrogen-bond acceptors (Lipinski definition) is 6. The number of anilines is 1. The minimum atomic E-state index is -0.306. The highest BCUT2D eigenvalue weighted by Gasteiger charge is 2.32. The number of fused-ring (bicyclic) bond motifs is 1. The number of esters is 1. The quantitative estimate of drug-likeness (QED) is 0.597. The Balaban J connectivity index is 1.47. The Morgan fingerprint density at radius 2 is 2.00 bits per heavy atom. The van der Waals surface area contributed by atoms with Gasteiger partial charge in [-0.1, -0.05) is 18.2 Å². The molecule has 1 aliphatic heterocycles. The van der Waals surface area contributed by atoms with Crippen molar-refractivity contribution in [3.8, 4) is 0 Å². The van der Waals surface area contributed by atoms with E-state index < -0.39 is 0 Å². The van der Waals surface area contributed by atoms with Crippen molar-refractivity contribution in [2.75, 3.05) is 24.6 Å². The van der Waals surface area contributed by atoms with E-state index in [4.69, 9.17) is 4.74 Å². The van der Waals surface area contributed by atoms with Gasteiger partial charge in [0.05, 0.1) is 17.8 Å². The van der Waals surface area contributed by atoms with Gasteiger partial charge in [0, 0.05) is 36.6 Å². The summed E-state index contributed by atoms with van der Waals surface area (Å²) >= 11 is 0. The van der Waals surface area contributed by atoms with Gasteiger partial charge in [-0.25, -0.2) is 4.79 Å². The molecular weight excluding hydrogens is 378 g/mol. The summed E-state index contributed by atoms with van der Waals surface area (Å²) in [6.45, 7) is 5.96. The lowest BCUT2D eigenvalue weighted by atomic mass is 9.94. The lowest BCUT2D eigenvalue weighted by Gasteiger charge is -2.35. The van der Waals surface area contributed by atoms with Gasteiger partial charge >= 0.3 is 5.97 Å². The van der Waals surface area contributed by atoms with Crippen LogP contribution in [0.25, 0.3) is 10.9 Å². The van der Waals surface area contributed by atoms with E-state index in [9.17, 15) is 4.79 Å². The third kappa shape index (κ3) is 3.32. The van der Waals surface area contributed by atoms with Crippen LogP contribution < -0.4 is 4.90 Å². The maximum Gasteiger partial charge on any atom is 0.341 e. The highest BCUT2D eigenvalue weighted by molar-refractivity contribution is 6.05. The summed E-state index contributed by atoms with van der Waals surface area (Å²) in [6.07, 6.45) is 8.01. The Labute approximate surface area is 176 Å². The second-order valence-corrected chi connectivity index (χ2v) is 8.30. The maximum atomic E-state index is 12.7. The molecule has 2 fully saturated rings. The number of aromatic nitrogens is 4. The minimum absolute atomic E-state index is 0.306. The molecule has 3 heterocycles. The predicted octanol–water partition coefficient (Wildman–Crippen LogP) is 4.03. The van der Waals surface area contributed by atoms with Crippen LogP contribution in [0, 0.1) is 6.92 Å². The van der Waals surface area contributed by atoms with Crippen LogP contribution >= 0.6 is 0 Å². The Kier molecular flexibility index (Phi) is 4.89. The Hall–Kier alpha value is -2.96. The highest BCUT2D eigenvalue weighted by Crippen LogP contribution is 2.40. The van der Waals surface area contributed by atoms with Crippen molar-refractivity contribution in [3.05, 3.63) is 47.7 Å². The molecule has 1 saturated heterocycles. The van der Waals surface area contributed by atoms with Gasteiger partial charge in [0.15, 0.2) is 0 Å². The molecule has 0 N–H and O–H groups in total. The standard InChI is InChI=1S/C23H27N5O2/c1-3-30-23(29)19-13-24-20-15(2)5-4-6-18(20)21(19)27-11-9-16(10-12-27)22-26-25-14-28(22)17-7-8-17/h4-6,13-14,16-17H,3,7-12H2,1-2H3. The zero-order chi connectivity index (χ0) is 20.7. The monoisotopic (exact) mass is 405 g/mol. The molecule has 5 rings (SSSR count). The van der Waals surface area contributed by atoms with Crippen molar-refractivity contribution in [3.63, 3.8) is 0 Å². The van der Waals surface area contributed by atoms with Crippen LogP contribution in [-0.4, -0.2) is 45.4 Å². The molecule has 1 aliphatic carbocycles. The summed E-state index contributed by atoms with van der Waals surface area (Å²) in [5.41, 5.74) is 3.55. The van der Waals surface area contributed by atoms with Gasteiger partial charge in [-0.15, -0.1) is 10.2 Å². The minimum Gasteiger partial charge on any atom is -0.462 e. The van der Waals surface area contributed by atoms with Crippen molar-refractivity contribution < 1.29 is 9.53 Å². The first-order valence-electron chi connectivity index (χ1n) is 10.9. The topological polar surface area (TPSA) is 73.1 Å². The number of carbonyl (C=O) groups is 1. The molecule has 0 atom stereocenters. The van der Waals surface area contributed by atoms with E-state index in [2.05, 4.69) is 43.7 Å². The summed E-state index contributed by atoms with van der Waals surface area (Å²) in [7, 11) is 0. The smallest absolute Gasteiger partial charge is 0.341 e. The largest absolute Gasteiger partial charge is 0.462 e. The van der Waals surface area contributed by atoms with Crippen LogP contribution in [0.3, 0.4) is 0 Å². The second kappa shape index (κ2) is 7.70. The van der Waals surface area contributed by atoms with Crippen LogP contribution in [0.5, 0.6) is 0 Å². The third-order valence-corrected chi connectivity index (χ3v) is 6.28. The highest BCUT2D eigenvalue weighted by atomic mass is 16.5. The summed E-state index contributed by atoms with van der Waals surface area (Å²) in [6, 6.07) is 6.74. The summed E-state index contributed by atoms with van der Waals surface area (Å²) in [5.74, 6) is 1.22. The number of rotatable bonds is 5. The first-order valence-corrected chi connectivity index (χ1v) is 10.9. The summed E-state index contributed by atoms with van der Waals surface area (Å²) in [4.78, 5) is 19.6. The Morgan fingerprint density at radius 3 is 2.73 bits per heavy atom. The van der Waals surface area contributed by atoms with Gasteiger partial charge in [0.2, 0.25) is 0 Å². The van der Waals surface area contributed by atoms with E-state index in [1.807, 2.05) is 19.3 Å². The molecule has 2 aliphatic rings. The molecule has 0 spiro atoms. The van der Waals surface area contributed by atoms with Crippen LogP contribution in [0.1, 0.15) is 66.3 Å². The maximum absolute atomic E-state index is 12.7. The fourth-order valence-corrected chi connectivity index (χ4v) is 4.59. The second-order valence-electron chi connectivity index (χ2n) is 8.30. The fraction of sp³-hybridized carbons (Fsp3) is 0.478. The number of benzene rings is 1. The molecule has 0 unspecified atom stereocenters. The molecular formula is C23H27N5O2. The number of carbonyl (C=O) groups excluding carboxylic acids is 1. The van der Waals surface area contributed by atoms with Gasteiger partial charge in [-0.2, -0.15) is 0 Å². The predicted molar refractivity (Wildman–Crippen MR) is 115 cm³/mol. The van der Waals surface area contributed by atoms with E-state index in [0.717, 1.165) is 53.9 Å². The van der Waals surface area contributed by atoms with Crippen molar-refractivity contribution in [2.45, 2.75) is 51.5 Å². The van der Waals surface area contributed by atoms with Crippen molar-refractivity contribution in [2.24, 2.45) is 0 Å². The Morgan fingerprint density at radius 1 is 1.20 bits per heavy atom. The van der Waals surface area contributed by atoms with Crippen molar-refractivity contribution >= 4 is 22.6 Å². The molecule has 7 heteroatoms. The van der Waals surface area contributed by atoms with Gasteiger partial charge in [-0.3, -0.25) is 4.98 Å². The van der Waals surface area contributed by atoms with Gasteiger partial charge in [-0.05, 0) is 45.1 Å². The third-order valence-electron chi connectivity index (χ3n) is 6.28. The van der Waals surface area contributed by atoms with E-state index in [-0.39, 0.29) is 5.97 Å². The Bertz CT molecular complexity index is 1080. The zero-order valence-corrected chi connectivity index (χ0v) is 17.5. The van der Waals surface area contributed by atoms with E-state index in [1.54, 1.807) is 6.20 Å². The average Bonchev–Trinajstić information content (AvgIpc) is 3.50. The molecule has 3 aromatic rings. The van der Waals surface area contributed by atoms with E-state index >= 15 is 0 Å². The number of aryl methyl sites for hydroxylation is 1. The van der Waals surface area contributed by atoms with Crippen LogP contribution in [0.15, 0.2) is 30.7 Å². The SMILES string of the molecule is CCOC(=O)c1cnc2c(C)cccc2c1N1CCC(c2nncn2C2CC2)CC1. The van der Waals surface area contributed by atoms with E-state index in [0.29, 0.717) is 24.1 Å². The van der Waals surface area contributed by atoms with Crippen LogP contribution in [-0.2, 0) is 4.74 Å². The zero-order valence-electron chi connectivity index (χ0n) is 17.5. The normalized spacial score (nSPS) is 17.5. The molecule has 2 aromatic heterocycles. The first kappa shape index (κ1) is 19.0. The van der Waals surface area contributed by atoms with Gasteiger partial charge in [0.1, 0.15) is 17.7 Å². The van der Waals surface area contributed by atoms with Crippen LogP contribution in [0.2, 0.25) is 0 Å². The number of piperidine rings is 1. The molecule has 0 radical (unpaired) electrons. The average molecular weight is 406 g/mol. The van der Waals surface area contributed by atoms with Gasteiger partial charge in [0.25, 0.3) is 0 Å². The molecule has 1 saturated carbocycles. The molecule has 156 valence electrons. The lowest BCUT2D eigenvalue weighted by Crippen LogP contribution is -2.35. The molecule has 7 nitrogen and oxygen atoms in total. The summed E-state index contributed by atoms with van der Waals surface area (Å²) < 4.78 is 7.61. The molecule has 0 bridgehead atoms. The van der Waals surface area contributed by atoms with Crippen molar-refractivity contribution in [1.82, 2.24) is 19.7 Å². The number of hydrogen-bond donors (Lipinski definition) is 0. The van der Waals surface area contributed by atoms with Crippen LogP contribution in [0.4, 0.5) is 5.69 Å². The summed E-state index contributed by atoms with van der Waals surface area (Å²) in [5, 5.41) is 9.63. The fourth-order valence-electron chi connectivity index (χ4n) is 4.59. The number of para-hydroxylation sites is 1. The van der Waals surface area contributed by atoms with E-state index in [1.165, 1.54) is 12.8 Å². The number of pyridine rings is 1. The number of ether oxygens (including phenoxy) is 1. The van der Waals surface area contributed by atoms with Gasteiger partial charge < -0.3 is 14.2 Å². The first-order chi connectivity index (χ1) is 14.7.